The Morgan fingerprint density at radius 3 is 2.17 bits per heavy atom. The summed E-state index contributed by atoms with van der Waals surface area (Å²) in [7, 11) is 2.02. The summed E-state index contributed by atoms with van der Waals surface area (Å²) in [4.78, 5) is 2.45. The molecule has 0 aliphatic heterocycles. The van der Waals surface area contributed by atoms with Gasteiger partial charge in [-0.3, -0.25) is 4.68 Å². The second-order valence-corrected chi connectivity index (χ2v) is 4.91. The third-order valence-corrected chi connectivity index (χ3v) is 3.38. The maximum Gasteiger partial charge on any atom is 0.131 e. The van der Waals surface area contributed by atoms with E-state index in [9.17, 15) is 0 Å². The van der Waals surface area contributed by atoms with Crippen LogP contribution in [0.5, 0.6) is 0 Å². The number of anilines is 1. The first-order chi connectivity index (χ1) is 8.65. The lowest BCUT2D eigenvalue weighted by Crippen LogP contribution is -2.29. The second kappa shape index (κ2) is 7.41. The largest absolute Gasteiger partial charge is 0.357 e. The SMILES string of the molecule is CCCCN(CCCC)c1c(CN)c(C)nn1C. The standard InChI is InChI=1S/C14H28N4/c1-5-7-9-18(10-8-6-2)14-13(11-15)12(3)16-17(14)4/h5-11,15H2,1-4H3. The third-order valence-electron chi connectivity index (χ3n) is 3.38. The molecule has 4 heteroatoms. The Bertz CT molecular complexity index is 349. The Balaban J connectivity index is 2.95. The molecular formula is C14H28N4. The van der Waals surface area contributed by atoms with Crippen molar-refractivity contribution in [2.24, 2.45) is 12.8 Å². The molecule has 1 aromatic heterocycles. The van der Waals surface area contributed by atoms with Gasteiger partial charge in [-0.15, -0.1) is 0 Å². The molecule has 1 heterocycles. The fourth-order valence-electron chi connectivity index (χ4n) is 2.35. The van der Waals surface area contributed by atoms with Crippen LogP contribution in [0.25, 0.3) is 0 Å². The van der Waals surface area contributed by atoms with E-state index in [4.69, 9.17) is 5.73 Å². The Labute approximate surface area is 111 Å². The van der Waals surface area contributed by atoms with E-state index in [1.54, 1.807) is 0 Å². The van der Waals surface area contributed by atoms with Crippen LogP contribution in [0.15, 0.2) is 0 Å². The van der Waals surface area contributed by atoms with Crippen LogP contribution in [0.1, 0.15) is 50.8 Å². The molecule has 0 aliphatic rings. The molecular weight excluding hydrogens is 224 g/mol. The summed E-state index contributed by atoms with van der Waals surface area (Å²) in [5, 5.41) is 4.51. The summed E-state index contributed by atoms with van der Waals surface area (Å²) in [5.41, 5.74) is 8.14. The van der Waals surface area contributed by atoms with E-state index in [2.05, 4.69) is 23.8 Å². The molecule has 0 fully saturated rings. The molecule has 0 unspecified atom stereocenters. The average molecular weight is 252 g/mol. The molecule has 0 aromatic carbocycles. The van der Waals surface area contributed by atoms with E-state index in [-0.39, 0.29) is 0 Å². The Hall–Kier alpha value is -1.03. The van der Waals surface area contributed by atoms with Crippen molar-refractivity contribution in [1.82, 2.24) is 9.78 Å². The van der Waals surface area contributed by atoms with Gasteiger partial charge in [0.2, 0.25) is 0 Å². The molecule has 0 radical (unpaired) electrons. The summed E-state index contributed by atoms with van der Waals surface area (Å²) in [6.07, 6.45) is 4.88. The van der Waals surface area contributed by atoms with Crippen molar-refractivity contribution in [1.29, 1.82) is 0 Å². The van der Waals surface area contributed by atoms with Gasteiger partial charge in [-0.05, 0) is 19.8 Å². The van der Waals surface area contributed by atoms with Gasteiger partial charge < -0.3 is 10.6 Å². The van der Waals surface area contributed by atoms with E-state index < -0.39 is 0 Å². The quantitative estimate of drug-likeness (QED) is 0.773. The van der Waals surface area contributed by atoms with Crippen LogP contribution < -0.4 is 10.6 Å². The molecule has 0 saturated heterocycles. The molecule has 0 aliphatic carbocycles. The van der Waals surface area contributed by atoms with Crippen LogP contribution in [0.2, 0.25) is 0 Å². The highest BCUT2D eigenvalue weighted by Crippen LogP contribution is 2.23. The van der Waals surface area contributed by atoms with Crippen molar-refractivity contribution >= 4 is 5.82 Å². The normalized spacial score (nSPS) is 10.9. The number of aryl methyl sites for hydroxylation is 2. The maximum atomic E-state index is 5.88. The highest BCUT2D eigenvalue weighted by atomic mass is 15.4. The van der Waals surface area contributed by atoms with Gasteiger partial charge in [0.1, 0.15) is 5.82 Å². The summed E-state index contributed by atoms with van der Waals surface area (Å²) >= 11 is 0. The van der Waals surface area contributed by atoms with Crippen LogP contribution in [0, 0.1) is 6.92 Å². The molecule has 1 aromatic rings. The molecule has 0 amide bonds. The number of nitrogens with zero attached hydrogens (tertiary/aromatic N) is 3. The summed E-state index contributed by atoms with van der Waals surface area (Å²) in [5.74, 6) is 1.22. The average Bonchev–Trinajstić information content (AvgIpc) is 2.64. The molecule has 0 bridgehead atoms. The zero-order chi connectivity index (χ0) is 13.5. The van der Waals surface area contributed by atoms with Crippen molar-refractivity contribution in [3.63, 3.8) is 0 Å². The van der Waals surface area contributed by atoms with Crippen molar-refractivity contribution in [3.8, 4) is 0 Å². The molecule has 0 saturated carbocycles. The van der Waals surface area contributed by atoms with Gasteiger partial charge in [0, 0.05) is 32.2 Å². The maximum absolute atomic E-state index is 5.88. The lowest BCUT2D eigenvalue weighted by atomic mass is 10.2. The van der Waals surface area contributed by atoms with E-state index in [1.165, 1.54) is 37.1 Å². The molecule has 4 nitrogen and oxygen atoms in total. The first-order valence-corrected chi connectivity index (χ1v) is 7.13. The predicted molar refractivity (Wildman–Crippen MR) is 77.9 cm³/mol. The zero-order valence-corrected chi connectivity index (χ0v) is 12.4. The number of hydrogen-bond acceptors (Lipinski definition) is 3. The van der Waals surface area contributed by atoms with Crippen LogP contribution >= 0.6 is 0 Å². The number of aromatic nitrogens is 2. The molecule has 1 rings (SSSR count). The number of hydrogen-bond donors (Lipinski definition) is 1. The first kappa shape index (κ1) is 15.0. The minimum atomic E-state index is 0.573. The fourth-order valence-corrected chi connectivity index (χ4v) is 2.35. The van der Waals surface area contributed by atoms with E-state index in [0.717, 1.165) is 18.8 Å². The van der Waals surface area contributed by atoms with Gasteiger partial charge in [-0.25, -0.2) is 0 Å². The Morgan fingerprint density at radius 2 is 1.72 bits per heavy atom. The van der Waals surface area contributed by atoms with Gasteiger partial charge in [0.25, 0.3) is 0 Å². The minimum Gasteiger partial charge on any atom is -0.357 e. The van der Waals surface area contributed by atoms with Gasteiger partial charge in [0.05, 0.1) is 5.69 Å². The first-order valence-electron chi connectivity index (χ1n) is 7.13. The van der Waals surface area contributed by atoms with Crippen LogP contribution in [-0.4, -0.2) is 22.9 Å². The third kappa shape index (κ3) is 3.48. The minimum absolute atomic E-state index is 0.573. The topological polar surface area (TPSA) is 47.1 Å². The number of nitrogens with two attached hydrogens (primary N) is 1. The van der Waals surface area contributed by atoms with Gasteiger partial charge in [-0.1, -0.05) is 26.7 Å². The molecule has 0 spiro atoms. The van der Waals surface area contributed by atoms with Crippen LogP contribution in [0.4, 0.5) is 5.82 Å². The predicted octanol–water partition coefficient (Wildman–Crippen LogP) is 2.59. The van der Waals surface area contributed by atoms with Gasteiger partial charge in [0.15, 0.2) is 0 Å². The highest BCUT2D eigenvalue weighted by molar-refractivity contribution is 5.50. The molecule has 104 valence electrons. The zero-order valence-electron chi connectivity index (χ0n) is 12.4. The van der Waals surface area contributed by atoms with Crippen LogP contribution in [-0.2, 0) is 13.6 Å². The summed E-state index contributed by atoms with van der Waals surface area (Å²) in [6, 6.07) is 0. The molecule has 2 N–H and O–H groups in total. The fraction of sp³-hybridized carbons (Fsp3) is 0.786. The number of unbranched alkanes of at least 4 members (excludes halogenated alkanes) is 2. The molecule has 18 heavy (non-hydrogen) atoms. The summed E-state index contributed by atoms with van der Waals surface area (Å²) < 4.78 is 1.99. The van der Waals surface area contributed by atoms with E-state index in [0.29, 0.717) is 6.54 Å². The van der Waals surface area contributed by atoms with Crippen molar-refractivity contribution in [2.75, 3.05) is 18.0 Å². The van der Waals surface area contributed by atoms with Crippen molar-refractivity contribution in [2.45, 2.75) is 53.0 Å². The summed E-state index contributed by atoms with van der Waals surface area (Å²) in [6.45, 7) is 9.28. The highest BCUT2D eigenvalue weighted by Gasteiger charge is 2.17. The lowest BCUT2D eigenvalue weighted by Gasteiger charge is -2.25. The molecule has 0 atom stereocenters. The van der Waals surface area contributed by atoms with E-state index in [1.807, 2.05) is 18.7 Å². The lowest BCUT2D eigenvalue weighted by molar-refractivity contribution is 0.640. The number of rotatable bonds is 8. The van der Waals surface area contributed by atoms with Crippen LogP contribution in [0.3, 0.4) is 0 Å². The second-order valence-electron chi connectivity index (χ2n) is 4.91. The van der Waals surface area contributed by atoms with E-state index >= 15 is 0 Å². The monoisotopic (exact) mass is 252 g/mol. The Kier molecular flexibility index (Phi) is 6.19. The van der Waals surface area contributed by atoms with Crippen molar-refractivity contribution < 1.29 is 0 Å². The van der Waals surface area contributed by atoms with Gasteiger partial charge >= 0.3 is 0 Å². The van der Waals surface area contributed by atoms with Crippen molar-refractivity contribution in [3.05, 3.63) is 11.3 Å². The smallest absolute Gasteiger partial charge is 0.131 e. The Morgan fingerprint density at radius 1 is 1.17 bits per heavy atom. The van der Waals surface area contributed by atoms with Gasteiger partial charge in [-0.2, -0.15) is 5.10 Å².